The van der Waals surface area contributed by atoms with Crippen molar-refractivity contribution in [1.82, 2.24) is 0 Å². The first-order valence-electron chi connectivity index (χ1n) is 5.44. The van der Waals surface area contributed by atoms with Crippen LogP contribution in [0.5, 0.6) is 0 Å². The van der Waals surface area contributed by atoms with Crippen LogP contribution in [0.25, 0.3) is 6.08 Å². The number of rotatable bonds is 2. The van der Waals surface area contributed by atoms with Crippen molar-refractivity contribution in [2.24, 2.45) is 0 Å². The fourth-order valence-electron chi connectivity index (χ4n) is 1.72. The molecule has 1 aromatic rings. The fourth-order valence-corrected chi connectivity index (χ4v) is 2.13. The van der Waals surface area contributed by atoms with E-state index in [9.17, 15) is 18.0 Å². The third kappa shape index (κ3) is 2.78. The van der Waals surface area contributed by atoms with Crippen LogP contribution < -0.4 is 0 Å². The van der Waals surface area contributed by atoms with E-state index in [4.69, 9.17) is 9.84 Å². The minimum absolute atomic E-state index is 0.00994. The Morgan fingerprint density at radius 2 is 1.95 bits per heavy atom. The van der Waals surface area contributed by atoms with Gasteiger partial charge in [0, 0.05) is 5.57 Å². The molecule has 1 aliphatic rings. The summed E-state index contributed by atoms with van der Waals surface area (Å²) in [6.45, 7) is -0.521. The van der Waals surface area contributed by atoms with Gasteiger partial charge in [0.25, 0.3) is 0 Å². The zero-order valence-electron chi connectivity index (χ0n) is 9.87. The zero-order chi connectivity index (χ0) is 14.9. The number of aliphatic hydroxyl groups excluding tert-OH is 1. The first kappa shape index (κ1) is 14.8. The lowest BCUT2D eigenvalue weighted by Crippen LogP contribution is -2.07. The molecule has 0 aromatic heterocycles. The Kier molecular flexibility index (Phi) is 4.01. The Balaban J connectivity index is 2.50. The summed E-state index contributed by atoms with van der Waals surface area (Å²) >= 11 is 2.92. The first-order chi connectivity index (χ1) is 9.34. The highest BCUT2D eigenvalue weighted by atomic mass is 79.9. The highest BCUT2D eigenvalue weighted by molar-refractivity contribution is 9.12. The van der Waals surface area contributed by atoms with E-state index < -0.39 is 24.3 Å². The van der Waals surface area contributed by atoms with Gasteiger partial charge >= 0.3 is 12.1 Å². The highest BCUT2D eigenvalue weighted by Gasteiger charge is 2.33. The molecule has 0 atom stereocenters. The number of halogens is 4. The minimum Gasteiger partial charge on any atom is -0.422 e. The van der Waals surface area contributed by atoms with E-state index in [1.54, 1.807) is 0 Å². The number of benzene rings is 1. The van der Waals surface area contributed by atoms with Gasteiger partial charge in [0.2, 0.25) is 0 Å². The van der Waals surface area contributed by atoms with Gasteiger partial charge in [-0.05, 0) is 33.6 Å². The second kappa shape index (κ2) is 5.41. The number of aliphatic hydroxyl groups is 1. The van der Waals surface area contributed by atoms with Gasteiger partial charge in [-0.15, -0.1) is 0 Å². The van der Waals surface area contributed by atoms with Crippen LogP contribution in [0, 0.1) is 0 Å². The Labute approximate surface area is 120 Å². The molecule has 0 spiro atoms. The van der Waals surface area contributed by atoms with Crippen LogP contribution in [0.4, 0.5) is 13.2 Å². The zero-order valence-corrected chi connectivity index (χ0v) is 11.5. The molecule has 3 nitrogen and oxygen atoms in total. The third-order valence-corrected chi connectivity index (χ3v) is 3.46. The van der Waals surface area contributed by atoms with Gasteiger partial charge in [-0.25, -0.2) is 4.79 Å². The number of cyclic esters (lactones) is 1. The SMILES string of the molecule is O=C1O/C(=C\c2ccccc2C(F)(F)F)C(CO)=C1Br. The summed E-state index contributed by atoms with van der Waals surface area (Å²) in [5.41, 5.74) is -0.869. The van der Waals surface area contributed by atoms with E-state index in [0.29, 0.717) is 0 Å². The molecule has 1 aliphatic heterocycles. The molecule has 0 saturated heterocycles. The highest BCUT2D eigenvalue weighted by Crippen LogP contribution is 2.35. The van der Waals surface area contributed by atoms with E-state index in [1.807, 2.05) is 0 Å². The normalized spacial score (nSPS) is 17.9. The maximum atomic E-state index is 12.8. The minimum atomic E-state index is -4.52. The number of alkyl halides is 3. The summed E-state index contributed by atoms with van der Waals surface area (Å²) in [7, 11) is 0. The van der Waals surface area contributed by atoms with Crippen molar-refractivity contribution < 1.29 is 27.8 Å². The lowest BCUT2D eigenvalue weighted by Gasteiger charge is -2.10. The molecule has 2 rings (SSSR count). The molecular formula is C13H8BrF3O3. The molecule has 0 bridgehead atoms. The maximum Gasteiger partial charge on any atom is 0.416 e. The Hall–Kier alpha value is -1.60. The maximum absolute atomic E-state index is 12.8. The number of carbonyl (C=O) groups excluding carboxylic acids is 1. The standard InChI is InChI=1S/C13H8BrF3O3/c14-11-8(6-18)10(20-12(11)19)5-7-3-1-2-4-9(7)13(15,16)17/h1-5,18H,6H2/b10-5-. The smallest absolute Gasteiger partial charge is 0.416 e. The second-order valence-electron chi connectivity index (χ2n) is 3.93. The van der Waals surface area contributed by atoms with Gasteiger partial charge in [0.05, 0.1) is 12.2 Å². The van der Waals surface area contributed by atoms with Crippen LogP contribution in [0.1, 0.15) is 11.1 Å². The van der Waals surface area contributed by atoms with Crippen LogP contribution >= 0.6 is 15.9 Å². The van der Waals surface area contributed by atoms with Crippen molar-refractivity contribution in [1.29, 1.82) is 0 Å². The summed E-state index contributed by atoms with van der Waals surface area (Å²) in [5, 5.41) is 9.15. The average Bonchev–Trinajstić information content (AvgIpc) is 2.64. The van der Waals surface area contributed by atoms with Crippen molar-refractivity contribution in [2.75, 3.05) is 6.61 Å². The number of ether oxygens (including phenoxy) is 1. The number of hydrogen-bond donors (Lipinski definition) is 1. The molecule has 0 fully saturated rings. The van der Waals surface area contributed by atoms with Crippen molar-refractivity contribution in [3.8, 4) is 0 Å². The summed E-state index contributed by atoms with van der Waals surface area (Å²) in [6.07, 6.45) is -3.43. The molecule has 1 N–H and O–H groups in total. The molecule has 0 radical (unpaired) electrons. The lowest BCUT2D eigenvalue weighted by molar-refractivity contribution is -0.137. The van der Waals surface area contributed by atoms with Gasteiger partial charge in [-0.1, -0.05) is 18.2 Å². The van der Waals surface area contributed by atoms with E-state index in [1.165, 1.54) is 18.2 Å². The lowest BCUT2D eigenvalue weighted by atomic mass is 10.0. The largest absolute Gasteiger partial charge is 0.422 e. The molecule has 106 valence electrons. The molecule has 0 aliphatic carbocycles. The van der Waals surface area contributed by atoms with Gasteiger partial charge < -0.3 is 9.84 Å². The average molecular weight is 349 g/mol. The van der Waals surface area contributed by atoms with Crippen LogP contribution in [0.15, 0.2) is 40.1 Å². The Morgan fingerprint density at radius 3 is 2.55 bits per heavy atom. The van der Waals surface area contributed by atoms with E-state index in [0.717, 1.165) is 12.1 Å². The van der Waals surface area contributed by atoms with Crippen LogP contribution in [-0.4, -0.2) is 17.7 Å². The summed E-state index contributed by atoms with van der Waals surface area (Å²) < 4.78 is 43.4. The molecule has 1 aromatic carbocycles. The Bertz CT molecular complexity index is 618. The summed E-state index contributed by atoms with van der Waals surface area (Å²) in [5.74, 6) is -0.842. The van der Waals surface area contributed by atoms with Crippen molar-refractivity contribution in [2.45, 2.75) is 6.18 Å². The predicted octanol–water partition coefficient (Wildman–Crippen LogP) is 3.24. The van der Waals surface area contributed by atoms with Gasteiger partial charge in [0.1, 0.15) is 10.2 Å². The first-order valence-corrected chi connectivity index (χ1v) is 6.24. The topological polar surface area (TPSA) is 46.5 Å². The van der Waals surface area contributed by atoms with E-state index in [-0.39, 0.29) is 21.4 Å². The molecule has 7 heteroatoms. The van der Waals surface area contributed by atoms with Gasteiger partial charge in [-0.2, -0.15) is 13.2 Å². The van der Waals surface area contributed by atoms with Crippen LogP contribution in [0.3, 0.4) is 0 Å². The quantitative estimate of drug-likeness (QED) is 0.834. The van der Waals surface area contributed by atoms with Crippen molar-refractivity contribution in [3.05, 3.63) is 51.2 Å². The van der Waals surface area contributed by atoms with Crippen LogP contribution in [0.2, 0.25) is 0 Å². The third-order valence-electron chi connectivity index (χ3n) is 2.66. The molecule has 20 heavy (non-hydrogen) atoms. The molecule has 0 saturated carbocycles. The van der Waals surface area contributed by atoms with Gasteiger partial charge in [0.15, 0.2) is 0 Å². The summed E-state index contributed by atoms with van der Waals surface area (Å²) in [4.78, 5) is 11.3. The van der Waals surface area contributed by atoms with Gasteiger partial charge in [-0.3, -0.25) is 0 Å². The van der Waals surface area contributed by atoms with E-state index >= 15 is 0 Å². The fraction of sp³-hybridized carbons (Fsp3) is 0.154. The van der Waals surface area contributed by atoms with E-state index in [2.05, 4.69) is 15.9 Å². The predicted molar refractivity (Wildman–Crippen MR) is 68.6 cm³/mol. The van der Waals surface area contributed by atoms with Crippen LogP contribution in [-0.2, 0) is 15.7 Å². The molecule has 0 amide bonds. The summed E-state index contributed by atoms with van der Waals surface area (Å²) in [6, 6.07) is 4.89. The number of hydrogen-bond acceptors (Lipinski definition) is 3. The molecule has 0 unspecified atom stereocenters. The monoisotopic (exact) mass is 348 g/mol. The number of esters is 1. The van der Waals surface area contributed by atoms with Crippen molar-refractivity contribution in [3.63, 3.8) is 0 Å². The number of carbonyl (C=O) groups is 1. The Morgan fingerprint density at radius 1 is 1.30 bits per heavy atom. The van der Waals surface area contributed by atoms with Crippen molar-refractivity contribution >= 4 is 28.0 Å². The molecular weight excluding hydrogens is 341 g/mol. The molecule has 1 heterocycles. The second-order valence-corrected chi connectivity index (χ2v) is 4.73.